The van der Waals surface area contributed by atoms with E-state index in [1.807, 2.05) is 0 Å². The number of allylic oxidation sites excluding steroid dienone is 3. The second-order valence-corrected chi connectivity index (χ2v) is 12.4. The van der Waals surface area contributed by atoms with Crippen LogP contribution in [0.5, 0.6) is 0 Å². The smallest absolute Gasteiger partial charge is 0.0616 e. The fourth-order valence-electron chi connectivity index (χ4n) is 8.21. The molecule has 0 bridgehead atoms. The van der Waals surface area contributed by atoms with Gasteiger partial charge in [-0.3, -0.25) is 0 Å². The number of aliphatic hydroxyl groups is 3. The van der Waals surface area contributed by atoms with Gasteiger partial charge in [-0.1, -0.05) is 44.1 Å². The van der Waals surface area contributed by atoms with Gasteiger partial charge in [0.1, 0.15) is 0 Å². The third-order valence-electron chi connectivity index (χ3n) is 9.68. The van der Waals surface area contributed by atoms with Crippen molar-refractivity contribution in [3.05, 3.63) is 23.3 Å². The highest BCUT2D eigenvalue weighted by Gasteiger charge is 2.57. The van der Waals surface area contributed by atoms with Gasteiger partial charge >= 0.3 is 0 Å². The zero-order valence-electron chi connectivity index (χ0n) is 19.8. The van der Waals surface area contributed by atoms with E-state index in [2.05, 4.69) is 32.9 Å². The van der Waals surface area contributed by atoms with Gasteiger partial charge < -0.3 is 15.3 Å². The standard InChI is InChI=1S/C27H44O3/c1-17(14-20(29)16-25(2,3)30)22-8-9-23-21-7-6-18-15-19(28)10-12-26(18,4)24(21)11-13-27(22,23)5/h6-7,17,19-20,22-24,28-30H,8-16H2,1-5H3/t17-,19?,20+,22-,23+,24+,26+,27-/m1/s1. The molecule has 0 aliphatic heterocycles. The van der Waals surface area contributed by atoms with Crippen molar-refractivity contribution in [2.24, 2.45) is 34.5 Å². The van der Waals surface area contributed by atoms with E-state index in [9.17, 15) is 15.3 Å². The van der Waals surface area contributed by atoms with Crippen molar-refractivity contribution in [1.29, 1.82) is 0 Å². The molecule has 4 rings (SSSR count). The van der Waals surface area contributed by atoms with Gasteiger partial charge in [-0.25, -0.2) is 0 Å². The SMILES string of the molecule is C[C@H](C[C@H](O)CC(C)(C)O)[C@H]1CC[C@H]2C3=CC=C4CC(O)CC[C@]4(C)[C@H]3CC[C@]12C. The van der Waals surface area contributed by atoms with Crippen molar-refractivity contribution in [2.45, 2.75) is 110 Å². The highest BCUT2D eigenvalue weighted by Crippen LogP contribution is 2.66. The largest absolute Gasteiger partial charge is 0.393 e. The first kappa shape index (κ1) is 22.6. The molecule has 0 aromatic rings. The summed E-state index contributed by atoms with van der Waals surface area (Å²) in [5.41, 5.74) is 2.94. The van der Waals surface area contributed by atoms with Crippen LogP contribution >= 0.6 is 0 Å². The summed E-state index contributed by atoms with van der Waals surface area (Å²) >= 11 is 0. The van der Waals surface area contributed by atoms with Crippen LogP contribution in [0.1, 0.15) is 92.4 Å². The Morgan fingerprint density at radius 1 is 1.07 bits per heavy atom. The highest BCUT2D eigenvalue weighted by atomic mass is 16.3. The second kappa shape index (κ2) is 7.74. The molecule has 0 amide bonds. The number of aliphatic hydroxyl groups excluding tert-OH is 2. The molecule has 3 saturated carbocycles. The summed E-state index contributed by atoms with van der Waals surface area (Å²) in [4.78, 5) is 0. The zero-order chi connectivity index (χ0) is 21.9. The van der Waals surface area contributed by atoms with Gasteiger partial charge in [0.05, 0.1) is 17.8 Å². The van der Waals surface area contributed by atoms with E-state index in [1.54, 1.807) is 19.4 Å². The fraction of sp³-hybridized carbons (Fsp3) is 0.852. The van der Waals surface area contributed by atoms with E-state index in [4.69, 9.17) is 0 Å². The lowest BCUT2D eigenvalue weighted by atomic mass is 9.50. The van der Waals surface area contributed by atoms with Crippen LogP contribution in [-0.2, 0) is 0 Å². The molecule has 30 heavy (non-hydrogen) atoms. The molecule has 0 saturated heterocycles. The van der Waals surface area contributed by atoms with Crippen molar-refractivity contribution < 1.29 is 15.3 Å². The molecule has 0 aromatic carbocycles. The molecule has 3 nitrogen and oxygen atoms in total. The van der Waals surface area contributed by atoms with Crippen molar-refractivity contribution in [1.82, 2.24) is 0 Å². The zero-order valence-corrected chi connectivity index (χ0v) is 19.8. The summed E-state index contributed by atoms with van der Waals surface area (Å²) in [6.07, 6.45) is 13.5. The normalized spacial score (nSPS) is 43.1. The lowest BCUT2D eigenvalue weighted by Gasteiger charge is -2.55. The number of hydrogen-bond donors (Lipinski definition) is 3. The van der Waals surface area contributed by atoms with E-state index in [1.165, 1.54) is 31.3 Å². The quantitative estimate of drug-likeness (QED) is 0.563. The van der Waals surface area contributed by atoms with Crippen LogP contribution in [0.25, 0.3) is 0 Å². The predicted octanol–water partition coefficient (Wildman–Crippen LogP) is 5.39. The Bertz CT molecular complexity index is 716. The molecule has 4 aliphatic carbocycles. The third kappa shape index (κ3) is 3.84. The van der Waals surface area contributed by atoms with Gasteiger partial charge in [0.15, 0.2) is 0 Å². The first-order chi connectivity index (χ1) is 13.9. The first-order valence-electron chi connectivity index (χ1n) is 12.4. The molecule has 0 radical (unpaired) electrons. The molecule has 8 atom stereocenters. The third-order valence-corrected chi connectivity index (χ3v) is 9.68. The van der Waals surface area contributed by atoms with E-state index >= 15 is 0 Å². The van der Waals surface area contributed by atoms with Crippen molar-refractivity contribution in [3.8, 4) is 0 Å². The Balaban J connectivity index is 1.52. The second-order valence-electron chi connectivity index (χ2n) is 12.4. The molecule has 0 spiro atoms. The lowest BCUT2D eigenvalue weighted by Crippen LogP contribution is -2.46. The molecule has 3 fully saturated rings. The summed E-state index contributed by atoms with van der Waals surface area (Å²) in [5.74, 6) is 2.44. The van der Waals surface area contributed by atoms with Gasteiger partial charge in [0.2, 0.25) is 0 Å². The minimum Gasteiger partial charge on any atom is -0.393 e. The van der Waals surface area contributed by atoms with E-state index < -0.39 is 11.7 Å². The molecule has 170 valence electrons. The van der Waals surface area contributed by atoms with E-state index in [0.29, 0.717) is 35.5 Å². The Morgan fingerprint density at radius 2 is 1.80 bits per heavy atom. The Morgan fingerprint density at radius 3 is 2.50 bits per heavy atom. The molecular weight excluding hydrogens is 372 g/mol. The minimum atomic E-state index is -0.806. The van der Waals surface area contributed by atoms with Crippen LogP contribution in [0.4, 0.5) is 0 Å². The number of hydrogen-bond acceptors (Lipinski definition) is 3. The molecule has 0 aromatic heterocycles. The van der Waals surface area contributed by atoms with Crippen LogP contribution in [0.2, 0.25) is 0 Å². The monoisotopic (exact) mass is 416 g/mol. The number of fused-ring (bicyclic) bond motifs is 5. The lowest BCUT2D eigenvalue weighted by molar-refractivity contribution is -0.00489. The van der Waals surface area contributed by atoms with Gasteiger partial charge in [0.25, 0.3) is 0 Å². The van der Waals surface area contributed by atoms with Crippen molar-refractivity contribution in [3.63, 3.8) is 0 Å². The van der Waals surface area contributed by atoms with Gasteiger partial charge in [-0.15, -0.1) is 0 Å². The number of rotatable bonds is 5. The van der Waals surface area contributed by atoms with Crippen LogP contribution in [0.3, 0.4) is 0 Å². The molecule has 4 aliphatic rings. The van der Waals surface area contributed by atoms with E-state index in [-0.39, 0.29) is 11.5 Å². The average Bonchev–Trinajstić information content (AvgIpc) is 2.98. The fourth-order valence-corrected chi connectivity index (χ4v) is 8.21. The predicted molar refractivity (Wildman–Crippen MR) is 122 cm³/mol. The van der Waals surface area contributed by atoms with Crippen LogP contribution in [0, 0.1) is 34.5 Å². The summed E-state index contributed by atoms with van der Waals surface area (Å²) in [6.45, 7) is 10.9. The Hall–Kier alpha value is -0.640. The first-order valence-corrected chi connectivity index (χ1v) is 12.4. The summed E-state index contributed by atoms with van der Waals surface area (Å²) in [7, 11) is 0. The van der Waals surface area contributed by atoms with Crippen LogP contribution < -0.4 is 0 Å². The van der Waals surface area contributed by atoms with Crippen LogP contribution in [-0.4, -0.2) is 33.1 Å². The summed E-state index contributed by atoms with van der Waals surface area (Å²) in [5, 5.41) is 30.8. The maximum Gasteiger partial charge on any atom is 0.0616 e. The van der Waals surface area contributed by atoms with E-state index in [0.717, 1.165) is 25.7 Å². The molecule has 0 heterocycles. The molecule has 1 unspecified atom stereocenters. The maximum atomic E-state index is 10.6. The topological polar surface area (TPSA) is 60.7 Å². The average molecular weight is 417 g/mol. The van der Waals surface area contributed by atoms with Crippen molar-refractivity contribution >= 4 is 0 Å². The summed E-state index contributed by atoms with van der Waals surface area (Å²) in [6, 6.07) is 0. The van der Waals surface area contributed by atoms with Crippen LogP contribution in [0.15, 0.2) is 23.3 Å². The maximum absolute atomic E-state index is 10.6. The molecular formula is C27H44O3. The van der Waals surface area contributed by atoms with Gasteiger partial charge in [0, 0.05) is 6.42 Å². The van der Waals surface area contributed by atoms with Gasteiger partial charge in [-0.05, 0) is 99.7 Å². The molecule has 3 N–H and O–H groups in total. The minimum absolute atomic E-state index is 0.153. The Labute approximate surface area is 183 Å². The summed E-state index contributed by atoms with van der Waals surface area (Å²) < 4.78 is 0. The Kier molecular flexibility index (Phi) is 5.82. The van der Waals surface area contributed by atoms with Crippen molar-refractivity contribution in [2.75, 3.05) is 0 Å². The highest BCUT2D eigenvalue weighted by molar-refractivity contribution is 5.38. The van der Waals surface area contributed by atoms with Gasteiger partial charge in [-0.2, -0.15) is 0 Å². The molecule has 3 heteroatoms.